The average molecular weight is 313 g/mol. The Morgan fingerprint density at radius 3 is 2.91 bits per heavy atom. The Labute approximate surface area is 133 Å². The van der Waals surface area contributed by atoms with Crippen LogP contribution in [0.2, 0.25) is 0 Å². The summed E-state index contributed by atoms with van der Waals surface area (Å²) in [5, 5.41) is 11.9. The Kier molecular flexibility index (Phi) is 4.01. The zero-order valence-electron chi connectivity index (χ0n) is 13.4. The first kappa shape index (κ1) is 15.1. The number of esters is 1. The topological polar surface area (TPSA) is 73.4 Å². The van der Waals surface area contributed by atoms with E-state index in [1.165, 1.54) is 6.20 Å². The van der Waals surface area contributed by atoms with E-state index in [9.17, 15) is 4.79 Å². The van der Waals surface area contributed by atoms with Gasteiger partial charge in [-0.3, -0.25) is 4.68 Å². The highest BCUT2D eigenvalue weighted by Gasteiger charge is 2.14. The molecule has 0 amide bonds. The highest BCUT2D eigenvalue weighted by molar-refractivity contribution is 5.97. The lowest BCUT2D eigenvalue weighted by Crippen LogP contribution is -2.05. The first-order chi connectivity index (χ1) is 11.1. The van der Waals surface area contributed by atoms with Crippen LogP contribution < -0.4 is 5.32 Å². The SMILES string of the molecule is CCOC(=O)c1cnn2ccc(NCc3cc(C)n(C)n3)cc12. The van der Waals surface area contributed by atoms with Gasteiger partial charge in [0.1, 0.15) is 5.56 Å². The number of ether oxygens (including phenoxy) is 1. The molecular weight excluding hydrogens is 294 g/mol. The van der Waals surface area contributed by atoms with Crippen LogP contribution in [0.25, 0.3) is 5.52 Å². The summed E-state index contributed by atoms with van der Waals surface area (Å²) in [5.41, 5.74) is 4.14. The molecular formula is C16H19N5O2. The summed E-state index contributed by atoms with van der Waals surface area (Å²) < 4.78 is 8.55. The molecule has 7 nitrogen and oxygen atoms in total. The van der Waals surface area contributed by atoms with Crippen molar-refractivity contribution in [2.75, 3.05) is 11.9 Å². The third-order valence-electron chi connectivity index (χ3n) is 3.65. The fraction of sp³-hybridized carbons (Fsp3) is 0.312. The van der Waals surface area contributed by atoms with Crippen LogP contribution in [0, 0.1) is 6.92 Å². The van der Waals surface area contributed by atoms with E-state index in [2.05, 4.69) is 15.5 Å². The Morgan fingerprint density at radius 2 is 2.22 bits per heavy atom. The fourth-order valence-electron chi connectivity index (χ4n) is 2.37. The van der Waals surface area contributed by atoms with Crippen LogP contribution >= 0.6 is 0 Å². The number of rotatable bonds is 5. The summed E-state index contributed by atoms with van der Waals surface area (Å²) >= 11 is 0. The molecule has 0 saturated heterocycles. The number of hydrogen-bond donors (Lipinski definition) is 1. The van der Waals surface area contributed by atoms with Gasteiger partial charge in [0.05, 0.1) is 30.6 Å². The predicted molar refractivity (Wildman–Crippen MR) is 86.4 cm³/mol. The molecule has 0 aromatic carbocycles. The maximum absolute atomic E-state index is 11.9. The highest BCUT2D eigenvalue weighted by Crippen LogP contribution is 2.17. The van der Waals surface area contributed by atoms with Crippen molar-refractivity contribution >= 4 is 17.2 Å². The monoisotopic (exact) mass is 313 g/mol. The van der Waals surface area contributed by atoms with E-state index in [-0.39, 0.29) is 5.97 Å². The third kappa shape index (κ3) is 3.03. The van der Waals surface area contributed by atoms with E-state index >= 15 is 0 Å². The van der Waals surface area contributed by atoms with Gasteiger partial charge in [0, 0.05) is 24.6 Å². The zero-order valence-corrected chi connectivity index (χ0v) is 13.4. The van der Waals surface area contributed by atoms with Gasteiger partial charge in [-0.2, -0.15) is 10.2 Å². The highest BCUT2D eigenvalue weighted by atomic mass is 16.5. The first-order valence-electron chi connectivity index (χ1n) is 7.46. The van der Waals surface area contributed by atoms with Crippen LogP contribution in [-0.2, 0) is 18.3 Å². The number of nitrogens with one attached hydrogen (secondary N) is 1. The number of nitrogens with zero attached hydrogens (tertiary/aromatic N) is 4. The molecule has 0 aliphatic rings. The molecule has 0 fully saturated rings. The van der Waals surface area contributed by atoms with E-state index in [0.717, 1.165) is 17.1 Å². The lowest BCUT2D eigenvalue weighted by molar-refractivity contribution is 0.0528. The van der Waals surface area contributed by atoms with Gasteiger partial charge in [-0.15, -0.1) is 0 Å². The van der Waals surface area contributed by atoms with E-state index in [1.54, 1.807) is 11.4 Å². The molecule has 0 saturated carbocycles. The van der Waals surface area contributed by atoms with Crippen molar-refractivity contribution in [3.8, 4) is 0 Å². The summed E-state index contributed by atoms with van der Waals surface area (Å²) in [6.45, 7) is 4.75. The standard InChI is InChI=1S/C16H19N5O2/c1-4-23-16(22)14-10-18-21-6-5-12(8-15(14)21)17-9-13-7-11(2)20(3)19-13/h5-8,10,17H,4,9H2,1-3H3. The first-order valence-corrected chi connectivity index (χ1v) is 7.46. The van der Waals surface area contributed by atoms with Gasteiger partial charge in [0.25, 0.3) is 0 Å². The molecule has 3 aromatic rings. The van der Waals surface area contributed by atoms with Gasteiger partial charge < -0.3 is 10.1 Å². The van der Waals surface area contributed by atoms with Crippen molar-refractivity contribution in [2.24, 2.45) is 7.05 Å². The molecule has 23 heavy (non-hydrogen) atoms. The van der Waals surface area contributed by atoms with Crippen LogP contribution in [0.1, 0.15) is 28.7 Å². The number of anilines is 1. The predicted octanol–water partition coefficient (Wildman–Crippen LogP) is 2.17. The number of aryl methyl sites for hydroxylation is 2. The quantitative estimate of drug-likeness (QED) is 0.731. The fourth-order valence-corrected chi connectivity index (χ4v) is 2.37. The van der Waals surface area contributed by atoms with Crippen LogP contribution in [0.5, 0.6) is 0 Å². The molecule has 0 aliphatic carbocycles. The van der Waals surface area contributed by atoms with Crippen molar-refractivity contribution in [3.05, 3.63) is 47.5 Å². The minimum atomic E-state index is -0.361. The van der Waals surface area contributed by atoms with Gasteiger partial charge >= 0.3 is 5.97 Å². The second-order valence-corrected chi connectivity index (χ2v) is 5.28. The lowest BCUT2D eigenvalue weighted by atomic mass is 10.2. The van der Waals surface area contributed by atoms with Crippen LogP contribution in [-0.4, -0.2) is 32.0 Å². The largest absolute Gasteiger partial charge is 0.462 e. The second-order valence-electron chi connectivity index (χ2n) is 5.28. The maximum atomic E-state index is 11.9. The van der Waals surface area contributed by atoms with Gasteiger partial charge in [0.2, 0.25) is 0 Å². The van der Waals surface area contributed by atoms with Gasteiger partial charge in [0.15, 0.2) is 0 Å². The second kappa shape index (κ2) is 6.12. The van der Waals surface area contributed by atoms with E-state index < -0.39 is 0 Å². The summed E-state index contributed by atoms with van der Waals surface area (Å²) in [7, 11) is 1.92. The molecule has 0 spiro atoms. The molecule has 0 radical (unpaired) electrons. The molecule has 7 heteroatoms. The van der Waals surface area contributed by atoms with Crippen LogP contribution in [0.3, 0.4) is 0 Å². The average Bonchev–Trinajstić information content (AvgIpc) is 3.09. The zero-order chi connectivity index (χ0) is 16.4. The number of carbonyl (C=O) groups excluding carboxylic acids is 1. The number of pyridine rings is 1. The molecule has 3 aromatic heterocycles. The van der Waals surface area contributed by atoms with Crippen LogP contribution in [0.4, 0.5) is 5.69 Å². The number of hydrogen-bond acceptors (Lipinski definition) is 5. The van der Waals surface area contributed by atoms with Crippen molar-refractivity contribution in [2.45, 2.75) is 20.4 Å². The Morgan fingerprint density at radius 1 is 1.39 bits per heavy atom. The van der Waals surface area contributed by atoms with Crippen molar-refractivity contribution in [1.29, 1.82) is 0 Å². The van der Waals surface area contributed by atoms with Gasteiger partial charge in [-0.1, -0.05) is 0 Å². The summed E-state index contributed by atoms with van der Waals surface area (Å²) in [6.07, 6.45) is 3.34. The molecule has 0 aliphatic heterocycles. The number of aromatic nitrogens is 4. The number of carbonyl (C=O) groups is 1. The van der Waals surface area contributed by atoms with Crippen molar-refractivity contribution < 1.29 is 9.53 Å². The summed E-state index contributed by atoms with van der Waals surface area (Å²) in [4.78, 5) is 11.9. The van der Waals surface area contributed by atoms with E-state index in [4.69, 9.17) is 4.74 Å². The Hall–Kier alpha value is -2.83. The van der Waals surface area contributed by atoms with Crippen LogP contribution in [0.15, 0.2) is 30.6 Å². The molecule has 120 valence electrons. The summed E-state index contributed by atoms with van der Waals surface area (Å²) in [6, 6.07) is 5.83. The Bertz CT molecular complexity index is 830. The van der Waals surface area contributed by atoms with Gasteiger partial charge in [-0.25, -0.2) is 9.31 Å². The van der Waals surface area contributed by atoms with E-state index in [0.29, 0.717) is 24.2 Å². The molecule has 3 rings (SSSR count). The number of fused-ring (bicyclic) bond motifs is 1. The smallest absolute Gasteiger partial charge is 0.341 e. The Balaban J connectivity index is 1.81. The minimum absolute atomic E-state index is 0.340. The van der Waals surface area contributed by atoms with Crippen molar-refractivity contribution in [1.82, 2.24) is 19.4 Å². The molecule has 3 heterocycles. The maximum Gasteiger partial charge on any atom is 0.341 e. The molecule has 0 unspecified atom stereocenters. The lowest BCUT2D eigenvalue weighted by Gasteiger charge is -2.06. The molecule has 0 bridgehead atoms. The van der Waals surface area contributed by atoms with E-state index in [1.807, 2.05) is 43.0 Å². The molecule has 0 atom stereocenters. The van der Waals surface area contributed by atoms with Gasteiger partial charge in [-0.05, 0) is 32.0 Å². The minimum Gasteiger partial charge on any atom is -0.462 e. The normalized spacial score (nSPS) is 10.9. The summed E-state index contributed by atoms with van der Waals surface area (Å²) in [5.74, 6) is -0.361. The van der Waals surface area contributed by atoms with Crippen molar-refractivity contribution in [3.63, 3.8) is 0 Å². The molecule has 1 N–H and O–H groups in total. The third-order valence-corrected chi connectivity index (χ3v) is 3.65.